The van der Waals surface area contributed by atoms with Gasteiger partial charge in [0.15, 0.2) is 0 Å². The van der Waals surface area contributed by atoms with E-state index >= 15 is 0 Å². The number of carbonyl (C=O) groups is 1. The van der Waals surface area contributed by atoms with Gasteiger partial charge in [0.2, 0.25) is 0 Å². The highest BCUT2D eigenvalue weighted by atomic mass is 16.5. The average molecular weight is 221 g/mol. The van der Waals surface area contributed by atoms with Crippen LogP contribution in [0.1, 0.15) is 36.6 Å². The fraction of sp³-hybridized carbons (Fsp3) is 0.462. The second kappa shape index (κ2) is 5.54. The van der Waals surface area contributed by atoms with Crippen molar-refractivity contribution < 1.29 is 9.53 Å². The van der Waals surface area contributed by atoms with Crippen molar-refractivity contribution in [2.24, 2.45) is 0 Å². The van der Waals surface area contributed by atoms with Crippen LogP contribution in [0.4, 0.5) is 4.79 Å². The Bertz CT molecular complexity index is 374. The summed E-state index contributed by atoms with van der Waals surface area (Å²) in [7, 11) is 0. The van der Waals surface area contributed by atoms with Crippen LogP contribution in [0.15, 0.2) is 18.2 Å². The minimum atomic E-state index is -0.365. The van der Waals surface area contributed by atoms with E-state index in [9.17, 15) is 4.79 Å². The van der Waals surface area contributed by atoms with Crippen LogP contribution >= 0.6 is 0 Å². The third-order valence-corrected chi connectivity index (χ3v) is 2.51. The molecule has 3 heteroatoms. The number of ether oxygens (including phenoxy) is 1. The van der Waals surface area contributed by atoms with Crippen molar-refractivity contribution in [1.29, 1.82) is 0 Å². The van der Waals surface area contributed by atoms with Gasteiger partial charge in [-0.25, -0.2) is 4.79 Å². The third kappa shape index (κ3) is 3.26. The van der Waals surface area contributed by atoms with E-state index in [0.29, 0.717) is 6.61 Å². The molecular weight excluding hydrogens is 202 g/mol. The lowest BCUT2D eigenvalue weighted by Gasteiger charge is -2.16. The van der Waals surface area contributed by atoms with Gasteiger partial charge in [-0.3, -0.25) is 0 Å². The van der Waals surface area contributed by atoms with Gasteiger partial charge in [0.25, 0.3) is 0 Å². The van der Waals surface area contributed by atoms with Crippen molar-refractivity contribution in [3.05, 3.63) is 34.9 Å². The van der Waals surface area contributed by atoms with Gasteiger partial charge in [-0.05, 0) is 38.8 Å². The number of amides is 1. The summed E-state index contributed by atoms with van der Waals surface area (Å²) in [6.45, 7) is 8.23. The van der Waals surface area contributed by atoms with Gasteiger partial charge in [-0.1, -0.05) is 23.8 Å². The Morgan fingerprint density at radius 2 is 2.12 bits per heavy atom. The molecule has 1 unspecified atom stereocenters. The molecule has 1 rings (SSSR count). The summed E-state index contributed by atoms with van der Waals surface area (Å²) in [5.74, 6) is 0. The largest absolute Gasteiger partial charge is 0.450 e. The zero-order valence-electron chi connectivity index (χ0n) is 10.3. The Morgan fingerprint density at radius 3 is 2.75 bits per heavy atom. The smallest absolute Gasteiger partial charge is 0.407 e. The number of rotatable bonds is 3. The van der Waals surface area contributed by atoms with E-state index in [4.69, 9.17) is 4.74 Å². The fourth-order valence-corrected chi connectivity index (χ4v) is 1.65. The van der Waals surface area contributed by atoms with Gasteiger partial charge in [0, 0.05) is 0 Å². The van der Waals surface area contributed by atoms with Gasteiger partial charge >= 0.3 is 6.09 Å². The standard InChI is InChI=1S/C13H19NO2/c1-5-16-13(15)14-11(4)12-8-9(2)6-7-10(12)3/h6-8,11H,5H2,1-4H3,(H,14,15). The predicted molar refractivity (Wildman–Crippen MR) is 64.5 cm³/mol. The maximum Gasteiger partial charge on any atom is 0.407 e. The Morgan fingerprint density at radius 1 is 1.44 bits per heavy atom. The Balaban J connectivity index is 2.76. The number of hydrogen-bond donors (Lipinski definition) is 1. The summed E-state index contributed by atoms with van der Waals surface area (Å²) in [5.41, 5.74) is 3.50. The third-order valence-electron chi connectivity index (χ3n) is 2.51. The number of aryl methyl sites for hydroxylation is 2. The van der Waals surface area contributed by atoms with Gasteiger partial charge in [0.05, 0.1) is 12.6 Å². The van der Waals surface area contributed by atoms with Crippen LogP contribution in [0.5, 0.6) is 0 Å². The number of benzene rings is 1. The monoisotopic (exact) mass is 221 g/mol. The first-order chi connectivity index (χ1) is 7.54. The Labute approximate surface area is 96.8 Å². The van der Waals surface area contributed by atoms with Crippen LogP contribution in [0.3, 0.4) is 0 Å². The van der Waals surface area contributed by atoms with E-state index in [1.54, 1.807) is 6.92 Å². The van der Waals surface area contributed by atoms with Crippen molar-refractivity contribution in [2.45, 2.75) is 33.7 Å². The molecule has 88 valence electrons. The molecular formula is C13H19NO2. The SMILES string of the molecule is CCOC(=O)NC(C)c1cc(C)ccc1C. The molecule has 1 amide bonds. The average Bonchev–Trinajstić information content (AvgIpc) is 2.21. The lowest BCUT2D eigenvalue weighted by Crippen LogP contribution is -2.27. The van der Waals surface area contributed by atoms with Crippen LogP contribution < -0.4 is 5.32 Å². The molecule has 0 fully saturated rings. The van der Waals surface area contributed by atoms with E-state index in [0.717, 1.165) is 5.56 Å². The van der Waals surface area contributed by atoms with Crippen LogP contribution in [-0.2, 0) is 4.74 Å². The number of alkyl carbamates (subject to hydrolysis) is 1. The molecule has 0 aliphatic rings. The summed E-state index contributed by atoms with van der Waals surface area (Å²) in [4.78, 5) is 11.3. The highest BCUT2D eigenvalue weighted by Gasteiger charge is 2.11. The molecule has 0 saturated carbocycles. The highest BCUT2D eigenvalue weighted by molar-refractivity contribution is 5.67. The van der Waals surface area contributed by atoms with Crippen molar-refractivity contribution in [2.75, 3.05) is 6.61 Å². The second-order valence-electron chi connectivity index (χ2n) is 3.95. The first-order valence-corrected chi connectivity index (χ1v) is 5.55. The molecule has 1 aromatic rings. The van der Waals surface area contributed by atoms with E-state index in [2.05, 4.69) is 23.5 Å². The zero-order chi connectivity index (χ0) is 12.1. The van der Waals surface area contributed by atoms with E-state index < -0.39 is 0 Å². The fourth-order valence-electron chi connectivity index (χ4n) is 1.65. The quantitative estimate of drug-likeness (QED) is 0.851. The van der Waals surface area contributed by atoms with E-state index in [1.165, 1.54) is 11.1 Å². The molecule has 0 aliphatic heterocycles. The highest BCUT2D eigenvalue weighted by Crippen LogP contribution is 2.18. The summed E-state index contributed by atoms with van der Waals surface area (Å²) < 4.78 is 4.85. The molecule has 0 saturated heterocycles. The van der Waals surface area contributed by atoms with Gasteiger partial charge < -0.3 is 10.1 Å². The van der Waals surface area contributed by atoms with Gasteiger partial charge in [-0.15, -0.1) is 0 Å². The van der Waals surface area contributed by atoms with Crippen LogP contribution in [0.25, 0.3) is 0 Å². The van der Waals surface area contributed by atoms with Gasteiger partial charge in [-0.2, -0.15) is 0 Å². The predicted octanol–water partition coefficient (Wildman–Crippen LogP) is 3.11. The first kappa shape index (κ1) is 12.6. The topological polar surface area (TPSA) is 38.3 Å². The molecule has 0 radical (unpaired) electrons. The first-order valence-electron chi connectivity index (χ1n) is 5.55. The molecule has 1 atom stereocenters. The van der Waals surface area contributed by atoms with Gasteiger partial charge in [0.1, 0.15) is 0 Å². The molecule has 0 spiro atoms. The maximum absolute atomic E-state index is 11.3. The molecule has 0 aliphatic carbocycles. The minimum Gasteiger partial charge on any atom is -0.450 e. The summed E-state index contributed by atoms with van der Waals surface area (Å²) in [6, 6.07) is 6.19. The maximum atomic E-state index is 11.3. The second-order valence-corrected chi connectivity index (χ2v) is 3.95. The van der Waals surface area contributed by atoms with Crippen LogP contribution in [0, 0.1) is 13.8 Å². The zero-order valence-corrected chi connectivity index (χ0v) is 10.3. The lowest BCUT2D eigenvalue weighted by atomic mass is 10.0. The van der Waals surface area contributed by atoms with Crippen LogP contribution in [0.2, 0.25) is 0 Å². The van der Waals surface area contributed by atoms with Crippen molar-refractivity contribution in [3.8, 4) is 0 Å². The van der Waals surface area contributed by atoms with Crippen molar-refractivity contribution in [3.63, 3.8) is 0 Å². The summed E-state index contributed by atoms with van der Waals surface area (Å²) >= 11 is 0. The van der Waals surface area contributed by atoms with E-state index in [1.807, 2.05) is 20.8 Å². The number of nitrogens with one attached hydrogen (secondary N) is 1. The summed E-state index contributed by atoms with van der Waals surface area (Å²) in [5, 5.41) is 2.80. The Kier molecular flexibility index (Phi) is 4.35. The Hall–Kier alpha value is -1.51. The molecule has 3 nitrogen and oxygen atoms in total. The molecule has 16 heavy (non-hydrogen) atoms. The molecule has 0 aromatic heterocycles. The minimum absolute atomic E-state index is 0.0288. The molecule has 0 heterocycles. The summed E-state index contributed by atoms with van der Waals surface area (Å²) in [6.07, 6.45) is -0.365. The van der Waals surface area contributed by atoms with Crippen molar-refractivity contribution in [1.82, 2.24) is 5.32 Å². The molecule has 1 aromatic carbocycles. The normalized spacial score (nSPS) is 12.0. The van der Waals surface area contributed by atoms with Crippen LogP contribution in [-0.4, -0.2) is 12.7 Å². The lowest BCUT2D eigenvalue weighted by molar-refractivity contribution is 0.149. The van der Waals surface area contributed by atoms with Crippen molar-refractivity contribution >= 4 is 6.09 Å². The molecule has 0 bridgehead atoms. The number of carbonyl (C=O) groups excluding carboxylic acids is 1. The molecule has 1 N–H and O–H groups in total. The van der Waals surface area contributed by atoms with E-state index in [-0.39, 0.29) is 12.1 Å². The number of hydrogen-bond acceptors (Lipinski definition) is 2.